The Morgan fingerprint density at radius 2 is 1.95 bits per heavy atom. The van der Waals surface area contributed by atoms with Gasteiger partial charge in [0.1, 0.15) is 17.4 Å². The van der Waals surface area contributed by atoms with Crippen molar-refractivity contribution in [3.8, 4) is 5.75 Å². The van der Waals surface area contributed by atoms with Crippen LogP contribution in [-0.2, 0) is 0 Å². The summed E-state index contributed by atoms with van der Waals surface area (Å²) in [7, 11) is 0. The van der Waals surface area contributed by atoms with Gasteiger partial charge in [0.15, 0.2) is 0 Å². The molecule has 0 bridgehead atoms. The third kappa shape index (κ3) is 2.96. The molecule has 20 heavy (non-hydrogen) atoms. The molecule has 1 amide bonds. The second kappa shape index (κ2) is 5.58. The van der Waals surface area contributed by atoms with E-state index in [9.17, 15) is 18.7 Å². The predicted molar refractivity (Wildman–Crippen MR) is 74.9 cm³/mol. The zero-order valence-corrected chi connectivity index (χ0v) is 12.0. The van der Waals surface area contributed by atoms with E-state index in [1.807, 2.05) is 0 Å². The van der Waals surface area contributed by atoms with Gasteiger partial charge in [-0.3, -0.25) is 4.79 Å². The van der Waals surface area contributed by atoms with Crippen LogP contribution in [0.5, 0.6) is 5.75 Å². The lowest BCUT2D eigenvalue weighted by atomic mass is 10.1. The first-order valence-corrected chi connectivity index (χ1v) is 6.43. The highest BCUT2D eigenvalue weighted by molar-refractivity contribution is 9.10. The molecular weight excluding hydrogens is 332 g/mol. The maximum Gasteiger partial charge on any atom is 0.259 e. The quantitative estimate of drug-likeness (QED) is 0.867. The van der Waals surface area contributed by atoms with Crippen molar-refractivity contribution in [2.45, 2.75) is 6.92 Å². The molecular formula is C14H10BrF2NO2. The van der Waals surface area contributed by atoms with E-state index in [0.717, 1.165) is 12.1 Å². The summed E-state index contributed by atoms with van der Waals surface area (Å²) in [4.78, 5) is 12.0. The first-order chi connectivity index (χ1) is 9.38. The molecule has 0 spiro atoms. The van der Waals surface area contributed by atoms with Crippen molar-refractivity contribution in [3.05, 3.63) is 57.6 Å². The van der Waals surface area contributed by atoms with Gasteiger partial charge in [0.2, 0.25) is 0 Å². The summed E-state index contributed by atoms with van der Waals surface area (Å²) in [5.41, 5.74) is 0.860. The van der Waals surface area contributed by atoms with E-state index in [1.54, 1.807) is 6.92 Å². The molecule has 0 radical (unpaired) electrons. The predicted octanol–water partition coefficient (Wildman–Crippen LogP) is 3.99. The molecule has 0 aromatic heterocycles. The smallest absolute Gasteiger partial charge is 0.259 e. The molecule has 0 aliphatic rings. The van der Waals surface area contributed by atoms with Crippen LogP contribution < -0.4 is 5.32 Å². The van der Waals surface area contributed by atoms with E-state index >= 15 is 0 Å². The van der Waals surface area contributed by atoms with Gasteiger partial charge in [-0.2, -0.15) is 0 Å². The Hall–Kier alpha value is -1.95. The number of carbonyl (C=O) groups excluding carboxylic acids is 1. The highest BCUT2D eigenvalue weighted by Gasteiger charge is 2.14. The minimum atomic E-state index is -0.639. The Labute approximate surface area is 122 Å². The van der Waals surface area contributed by atoms with Crippen LogP contribution in [-0.4, -0.2) is 11.0 Å². The van der Waals surface area contributed by atoms with Crippen LogP contribution in [0.2, 0.25) is 0 Å². The van der Waals surface area contributed by atoms with Gasteiger partial charge < -0.3 is 10.4 Å². The molecule has 2 aromatic rings. The fourth-order valence-electron chi connectivity index (χ4n) is 1.67. The van der Waals surface area contributed by atoms with E-state index in [-0.39, 0.29) is 10.0 Å². The summed E-state index contributed by atoms with van der Waals surface area (Å²) in [6.45, 7) is 1.63. The van der Waals surface area contributed by atoms with E-state index in [1.165, 1.54) is 18.2 Å². The number of aryl methyl sites for hydroxylation is 1. The van der Waals surface area contributed by atoms with Crippen molar-refractivity contribution in [1.82, 2.24) is 0 Å². The fraction of sp³-hybridized carbons (Fsp3) is 0.0714. The van der Waals surface area contributed by atoms with Crippen LogP contribution >= 0.6 is 15.9 Å². The van der Waals surface area contributed by atoms with Gasteiger partial charge in [0.25, 0.3) is 5.91 Å². The highest BCUT2D eigenvalue weighted by atomic mass is 79.9. The zero-order valence-electron chi connectivity index (χ0n) is 10.4. The van der Waals surface area contributed by atoms with Crippen molar-refractivity contribution < 1.29 is 18.7 Å². The molecule has 0 aliphatic heterocycles. The van der Waals surface area contributed by atoms with Crippen LogP contribution in [0.25, 0.3) is 0 Å². The molecule has 0 aliphatic carbocycles. The summed E-state index contributed by atoms with van der Waals surface area (Å²) >= 11 is 3.03. The monoisotopic (exact) mass is 341 g/mol. The number of aromatic hydroxyl groups is 1. The van der Waals surface area contributed by atoms with E-state index in [2.05, 4.69) is 21.2 Å². The molecule has 0 saturated heterocycles. The van der Waals surface area contributed by atoms with Gasteiger partial charge in [-0.05, 0) is 52.7 Å². The average Bonchev–Trinajstić information content (AvgIpc) is 2.35. The van der Waals surface area contributed by atoms with E-state index in [4.69, 9.17) is 0 Å². The third-order valence-corrected chi connectivity index (χ3v) is 3.33. The zero-order chi connectivity index (χ0) is 14.9. The van der Waals surface area contributed by atoms with Gasteiger partial charge >= 0.3 is 0 Å². The van der Waals surface area contributed by atoms with Crippen LogP contribution in [0.1, 0.15) is 15.9 Å². The first kappa shape index (κ1) is 14.5. The number of hydrogen-bond donors (Lipinski definition) is 2. The molecule has 0 heterocycles. The number of carbonyl (C=O) groups is 1. The Bertz CT molecular complexity index is 689. The second-order valence-electron chi connectivity index (χ2n) is 4.20. The van der Waals surface area contributed by atoms with Crippen molar-refractivity contribution in [1.29, 1.82) is 0 Å². The Balaban J connectivity index is 2.30. The van der Waals surface area contributed by atoms with Crippen molar-refractivity contribution in [3.63, 3.8) is 0 Å². The second-order valence-corrected chi connectivity index (χ2v) is 5.05. The molecule has 0 atom stereocenters. The molecule has 2 aromatic carbocycles. The van der Waals surface area contributed by atoms with Crippen molar-refractivity contribution in [2.24, 2.45) is 0 Å². The summed E-state index contributed by atoms with van der Waals surface area (Å²) in [6, 6.07) is 5.78. The van der Waals surface area contributed by atoms with Crippen LogP contribution in [0, 0.1) is 18.6 Å². The molecule has 0 unspecified atom stereocenters. The van der Waals surface area contributed by atoms with Gasteiger partial charge in [-0.15, -0.1) is 0 Å². The lowest BCUT2D eigenvalue weighted by Crippen LogP contribution is -2.13. The Morgan fingerprint density at radius 1 is 1.25 bits per heavy atom. The summed E-state index contributed by atoms with van der Waals surface area (Å²) in [5.74, 6) is -2.14. The molecule has 2 rings (SSSR count). The maximum atomic E-state index is 13.3. The number of rotatable bonds is 2. The topological polar surface area (TPSA) is 49.3 Å². The van der Waals surface area contributed by atoms with Gasteiger partial charge in [0, 0.05) is 11.8 Å². The first-order valence-electron chi connectivity index (χ1n) is 5.64. The number of benzene rings is 2. The number of phenols is 1. The Kier molecular flexibility index (Phi) is 4.04. The lowest BCUT2D eigenvalue weighted by molar-refractivity contribution is 0.102. The SMILES string of the molecule is Cc1cc(F)c(Br)cc1NC(=O)c1ccc(F)cc1O. The largest absolute Gasteiger partial charge is 0.507 e. The summed E-state index contributed by atoms with van der Waals surface area (Å²) in [6.07, 6.45) is 0. The van der Waals surface area contributed by atoms with Crippen LogP contribution in [0.3, 0.4) is 0 Å². The molecule has 6 heteroatoms. The van der Waals surface area contributed by atoms with Gasteiger partial charge in [-0.1, -0.05) is 0 Å². The fourth-order valence-corrected chi connectivity index (χ4v) is 2.01. The lowest BCUT2D eigenvalue weighted by Gasteiger charge is -2.10. The van der Waals surface area contributed by atoms with E-state index < -0.39 is 23.3 Å². The molecule has 2 N–H and O–H groups in total. The summed E-state index contributed by atoms with van der Waals surface area (Å²) in [5, 5.41) is 12.1. The van der Waals surface area contributed by atoms with E-state index in [0.29, 0.717) is 11.3 Å². The van der Waals surface area contributed by atoms with Crippen molar-refractivity contribution in [2.75, 3.05) is 5.32 Å². The number of hydrogen-bond acceptors (Lipinski definition) is 2. The molecule has 0 saturated carbocycles. The molecule has 0 fully saturated rings. The molecule has 104 valence electrons. The third-order valence-electron chi connectivity index (χ3n) is 2.72. The van der Waals surface area contributed by atoms with Crippen LogP contribution in [0.4, 0.5) is 14.5 Å². The number of phenolic OH excluding ortho intramolecular Hbond substituents is 1. The standard InChI is InChI=1S/C14H10BrF2NO2/c1-7-4-11(17)10(15)6-12(7)18-14(20)9-3-2-8(16)5-13(9)19/h2-6,19H,1H3,(H,18,20). The summed E-state index contributed by atoms with van der Waals surface area (Å²) < 4.78 is 26.4. The number of anilines is 1. The average molecular weight is 342 g/mol. The minimum Gasteiger partial charge on any atom is -0.507 e. The molecule has 3 nitrogen and oxygen atoms in total. The number of halogens is 3. The Morgan fingerprint density at radius 3 is 2.60 bits per heavy atom. The van der Waals surface area contributed by atoms with Gasteiger partial charge in [-0.25, -0.2) is 8.78 Å². The van der Waals surface area contributed by atoms with Gasteiger partial charge in [0.05, 0.1) is 10.0 Å². The number of nitrogens with one attached hydrogen (secondary N) is 1. The highest BCUT2D eigenvalue weighted by Crippen LogP contribution is 2.26. The van der Waals surface area contributed by atoms with Crippen molar-refractivity contribution >= 4 is 27.5 Å². The van der Waals surface area contributed by atoms with Crippen LogP contribution in [0.15, 0.2) is 34.8 Å². The maximum absolute atomic E-state index is 13.3. The normalized spacial score (nSPS) is 10.4. The number of amides is 1. The minimum absolute atomic E-state index is 0.0637.